The smallest absolute Gasteiger partial charge is 0.349 e. The maximum Gasteiger partial charge on any atom is 0.349 e. The SMILES string of the molecule is CCOC(=O)C(C)(C)Oc1ccc2c(ccn2CCNCCc2ccccc2)c1. The predicted octanol–water partition coefficient (Wildman–Crippen LogP) is 4.19. The Balaban J connectivity index is 1.54. The number of hydrogen-bond acceptors (Lipinski definition) is 4. The molecule has 5 nitrogen and oxygen atoms in total. The average molecular weight is 395 g/mol. The molecule has 0 radical (unpaired) electrons. The van der Waals surface area contributed by atoms with Gasteiger partial charge in [0.15, 0.2) is 5.60 Å². The van der Waals surface area contributed by atoms with E-state index in [0.717, 1.165) is 37.0 Å². The Morgan fingerprint density at radius 2 is 1.86 bits per heavy atom. The molecule has 3 aromatic rings. The summed E-state index contributed by atoms with van der Waals surface area (Å²) in [4.78, 5) is 12.0. The molecule has 0 aliphatic heterocycles. The summed E-state index contributed by atoms with van der Waals surface area (Å²) in [6.07, 6.45) is 3.12. The van der Waals surface area contributed by atoms with Crippen LogP contribution in [0, 0.1) is 0 Å². The molecule has 0 saturated carbocycles. The average Bonchev–Trinajstić information content (AvgIpc) is 3.10. The first-order valence-electron chi connectivity index (χ1n) is 10.2. The fourth-order valence-electron chi connectivity index (χ4n) is 3.28. The molecule has 0 unspecified atom stereocenters. The van der Waals surface area contributed by atoms with E-state index in [1.807, 2.05) is 24.3 Å². The summed E-state index contributed by atoms with van der Waals surface area (Å²) in [6.45, 7) is 8.34. The van der Waals surface area contributed by atoms with E-state index in [4.69, 9.17) is 9.47 Å². The van der Waals surface area contributed by atoms with Gasteiger partial charge in [-0.05, 0) is 63.6 Å². The molecule has 0 saturated heterocycles. The molecule has 29 heavy (non-hydrogen) atoms. The summed E-state index contributed by atoms with van der Waals surface area (Å²) in [5.41, 5.74) is 1.48. The van der Waals surface area contributed by atoms with Crippen LogP contribution in [0.3, 0.4) is 0 Å². The number of ether oxygens (including phenoxy) is 2. The quantitative estimate of drug-likeness (QED) is 0.414. The molecule has 0 aliphatic carbocycles. The van der Waals surface area contributed by atoms with Gasteiger partial charge in [-0.15, -0.1) is 0 Å². The first-order valence-corrected chi connectivity index (χ1v) is 10.2. The Kier molecular flexibility index (Phi) is 6.94. The van der Waals surface area contributed by atoms with Crippen LogP contribution in [0.2, 0.25) is 0 Å². The number of nitrogens with one attached hydrogen (secondary N) is 1. The topological polar surface area (TPSA) is 52.5 Å². The van der Waals surface area contributed by atoms with Gasteiger partial charge in [-0.2, -0.15) is 0 Å². The summed E-state index contributed by atoms with van der Waals surface area (Å²) in [5, 5.41) is 4.60. The van der Waals surface area contributed by atoms with Gasteiger partial charge in [0.1, 0.15) is 5.75 Å². The van der Waals surface area contributed by atoms with Crippen molar-refractivity contribution >= 4 is 16.9 Å². The third kappa shape index (κ3) is 5.61. The lowest BCUT2D eigenvalue weighted by atomic mass is 10.1. The monoisotopic (exact) mass is 394 g/mol. The van der Waals surface area contributed by atoms with Crippen LogP contribution in [0.4, 0.5) is 0 Å². The van der Waals surface area contributed by atoms with Gasteiger partial charge in [-0.3, -0.25) is 0 Å². The number of hydrogen-bond donors (Lipinski definition) is 1. The summed E-state index contributed by atoms with van der Waals surface area (Å²) in [6, 6.07) is 18.5. The lowest BCUT2D eigenvalue weighted by molar-refractivity contribution is -0.158. The second-order valence-electron chi connectivity index (χ2n) is 7.55. The van der Waals surface area contributed by atoms with Gasteiger partial charge in [0.05, 0.1) is 6.61 Å². The van der Waals surface area contributed by atoms with E-state index in [2.05, 4.69) is 46.4 Å². The first-order chi connectivity index (χ1) is 14.0. The zero-order valence-electron chi connectivity index (χ0n) is 17.5. The molecule has 2 aromatic carbocycles. The Labute approximate surface area is 172 Å². The summed E-state index contributed by atoms with van der Waals surface area (Å²) in [7, 11) is 0. The van der Waals surface area contributed by atoms with Crippen molar-refractivity contribution in [1.29, 1.82) is 0 Å². The molecule has 1 N–H and O–H groups in total. The number of carbonyl (C=O) groups is 1. The second kappa shape index (κ2) is 9.61. The molecule has 0 atom stereocenters. The third-order valence-corrected chi connectivity index (χ3v) is 4.85. The number of aromatic nitrogens is 1. The summed E-state index contributed by atoms with van der Waals surface area (Å²) in [5.74, 6) is 0.300. The zero-order valence-corrected chi connectivity index (χ0v) is 17.5. The highest BCUT2D eigenvalue weighted by molar-refractivity contribution is 5.82. The molecule has 0 amide bonds. The summed E-state index contributed by atoms with van der Waals surface area (Å²) >= 11 is 0. The van der Waals surface area contributed by atoms with Crippen LogP contribution in [0.15, 0.2) is 60.8 Å². The molecule has 154 valence electrons. The van der Waals surface area contributed by atoms with Crippen molar-refractivity contribution in [3.05, 3.63) is 66.4 Å². The lowest BCUT2D eigenvalue weighted by Gasteiger charge is -2.24. The van der Waals surface area contributed by atoms with Crippen molar-refractivity contribution in [3.8, 4) is 5.75 Å². The molecule has 0 aliphatic rings. The standard InChI is InChI=1S/C24H30N2O3/c1-4-28-23(27)24(2,3)29-21-10-11-22-20(18-21)13-16-26(22)17-15-25-14-12-19-8-6-5-7-9-19/h5-11,13,16,18,25H,4,12,14-15,17H2,1-3H3. The zero-order chi connectivity index (χ0) is 20.7. The molecule has 1 aromatic heterocycles. The van der Waals surface area contributed by atoms with Crippen molar-refractivity contribution in [3.63, 3.8) is 0 Å². The fourth-order valence-corrected chi connectivity index (χ4v) is 3.28. The molecular formula is C24H30N2O3. The van der Waals surface area contributed by atoms with E-state index < -0.39 is 5.60 Å². The fraction of sp³-hybridized carbons (Fsp3) is 0.375. The van der Waals surface area contributed by atoms with E-state index in [-0.39, 0.29) is 5.97 Å². The predicted molar refractivity (Wildman–Crippen MR) is 116 cm³/mol. The Morgan fingerprint density at radius 3 is 2.62 bits per heavy atom. The largest absolute Gasteiger partial charge is 0.476 e. The molecular weight excluding hydrogens is 364 g/mol. The lowest BCUT2D eigenvalue weighted by Crippen LogP contribution is -2.39. The Hall–Kier alpha value is -2.79. The van der Waals surface area contributed by atoms with Crippen molar-refractivity contribution in [2.45, 2.75) is 39.3 Å². The van der Waals surface area contributed by atoms with E-state index in [9.17, 15) is 4.79 Å². The molecule has 1 heterocycles. The van der Waals surface area contributed by atoms with Crippen LogP contribution in [-0.4, -0.2) is 35.8 Å². The van der Waals surface area contributed by atoms with Crippen LogP contribution < -0.4 is 10.1 Å². The molecule has 3 rings (SSSR count). The number of fused-ring (bicyclic) bond motifs is 1. The van der Waals surface area contributed by atoms with Crippen LogP contribution in [0.5, 0.6) is 5.75 Å². The summed E-state index contributed by atoms with van der Waals surface area (Å²) < 4.78 is 13.2. The Bertz CT molecular complexity index is 932. The van der Waals surface area contributed by atoms with E-state index in [1.165, 1.54) is 5.56 Å². The van der Waals surface area contributed by atoms with Crippen molar-refractivity contribution in [2.24, 2.45) is 0 Å². The Morgan fingerprint density at radius 1 is 1.07 bits per heavy atom. The van der Waals surface area contributed by atoms with E-state index in [1.54, 1.807) is 20.8 Å². The molecule has 0 bridgehead atoms. The number of benzene rings is 2. The number of nitrogens with zero attached hydrogens (tertiary/aromatic N) is 1. The minimum atomic E-state index is -1.02. The minimum absolute atomic E-state index is 0.340. The molecule has 0 spiro atoms. The van der Waals surface area contributed by atoms with Gasteiger partial charge in [0.25, 0.3) is 0 Å². The maximum atomic E-state index is 12.0. The maximum absolute atomic E-state index is 12.0. The van der Waals surface area contributed by atoms with Crippen LogP contribution >= 0.6 is 0 Å². The van der Waals surface area contributed by atoms with Gasteiger partial charge in [0, 0.05) is 30.2 Å². The van der Waals surface area contributed by atoms with E-state index >= 15 is 0 Å². The van der Waals surface area contributed by atoms with Crippen molar-refractivity contribution in [2.75, 3.05) is 19.7 Å². The first kappa shape index (κ1) is 20.9. The number of esters is 1. The third-order valence-electron chi connectivity index (χ3n) is 4.85. The molecule has 5 heteroatoms. The van der Waals surface area contributed by atoms with Gasteiger partial charge < -0.3 is 19.4 Å². The van der Waals surface area contributed by atoms with Gasteiger partial charge >= 0.3 is 5.97 Å². The van der Waals surface area contributed by atoms with Crippen LogP contribution in [0.25, 0.3) is 10.9 Å². The van der Waals surface area contributed by atoms with Gasteiger partial charge in [-0.25, -0.2) is 4.79 Å². The minimum Gasteiger partial charge on any atom is -0.476 e. The van der Waals surface area contributed by atoms with Crippen molar-refractivity contribution in [1.82, 2.24) is 9.88 Å². The highest BCUT2D eigenvalue weighted by Crippen LogP contribution is 2.25. The van der Waals surface area contributed by atoms with Gasteiger partial charge in [0.2, 0.25) is 0 Å². The van der Waals surface area contributed by atoms with Crippen molar-refractivity contribution < 1.29 is 14.3 Å². The number of rotatable bonds is 10. The normalized spacial score (nSPS) is 11.6. The number of carbonyl (C=O) groups excluding carboxylic acids is 1. The van der Waals surface area contributed by atoms with Crippen LogP contribution in [0.1, 0.15) is 26.3 Å². The highest BCUT2D eigenvalue weighted by Gasteiger charge is 2.31. The van der Waals surface area contributed by atoms with Crippen LogP contribution in [-0.2, 0) is 22.5 Å². The van der Waals surface area contributed by atoms with E-state index in [0.29, 0.717) is 12.4 Å². The van der Waals surface area contributed by atoms with Gasteiger partial charge in [-0.1, -0.05) is 30.3 Å². The molecule has 0 fully saturated rings. The second-order valence-corrected chi connectivity index (χ2v) is 7.55. The highest BCUT2D eigenvalue weighted by atomic mass is 16.6.